The van der Waals surface area contributed by atoms with Gasteiger partial charge in [0.05, 0.1) is 6.54 Å². The second-order valence-electron chi connectivity index (χ2n) is 3.45. The van der Waals surface area contributed by atoms with Gasteiger partial charge in [0.1, 0.15) is 6.17 Å². The van der Waals surface area contributed by atoms with E-state index in [0.29, 0.717) is 6.42 Å². The van der Waals surface area contributed by atoms with Crippen LogP contribution in [0.25, 0.3) is 0 Å². The molecule has 0 spiro atoms. The average molecular weight is 187 g/mol. The summed E-state index contributed by atoms with van der Waals surface area (Å²) < 4.78 is 12.9. The summed E-state index contributed by atoms with van der Waals surface area (Å²) in [5.41, 5.74) is 0. The Morgan fingerprint density at radius 2 is 2.23 bits per heavy atom. The topological polar surface area (TPSA) is 37.4 Å². The fraction of sp³-hybridized carbons (Fsp3) is 0.778. The Balaban J connectivity index is 2.59. The van der Waals surface area contributed by atoms with Gasteiger partial charge in [0, 0.05) is 12.3 Å². The first-order valence-corrected chi connectivity index (χ1v) is 4.54. The lowest BCUT2D eigenvalue weighted by molar-refractivity contribution is -0.140. The van der Waals surface area contributed by atoms with Crippen molar-refractivity contribution in [2.75, 3.05) is 6.54 Å². The smallest absolute Gasteiger partial charge is 0.232 e. The highest BCUT2D eigenvalue weighted by molar-refractivity contribution is 6.03. The van der Waals surface area contributed by atoms with Gasteiger partial charge in [-0.1, -0.05) is 13.8 Å². The zero-order valence-corrected chi connectivity index (χ0v) is 7.92. The summed E-state index contributed by atoms with van der Waals surface area (Å²) >= 11 is 0. The molecule has 2 unspecified atom stereocenters. The summed E-state index contributed by atoms with van der Waals surface area (Å²) in [6, 6.07) is 0. The summed E-state index contributed by atoms with van der Waals surface area (Å²) in [6.07, 6.45) is -0.515. The van der Waals surface area contributed by atoms with Crippen molar-refractivity contribution in [2.24, 2.45) is 5.92 Å². The molecule has 0 aromatic heterocycles. The van der Waals surface area contributed by atoms with Crippen molar-refractivity contribution >= 4 is 11.8 Å². The summed E-state index contributed by atoms with van der Waals surface area (Å²) in [5, 5.41) is 0. The van der Waals surface area contributed by atoms with Gasteiger partial charge in [0.2, 0.25) is 11.8 Å². The first kappa shape index (κ1) is 10.2. The molecule has 74 valence electrons. The predicted molar refractivity (Wildman–Crippen MR) is 45.7 cm³/mol. The van der Waals surface area contributed by atoms with E-state index in [1.807, 2.05) is 0 Å². The number of alkyl halides is 1. The molecule has 0 aliphatic carbocycles. The molecule has 0 saturated carbocycles. The van der Waals surface area contributed by atoms with Gasteiger partial charge in [0.15, 0.2) is 0 Å². The number of rotatable bonds is 3. The minimum absolute atomic E-state index is 0.0709. The number of carbonyl (C=O) groups is 2. The molecule has 4 heteroatoms. The number of carbonyl (C=O) groups excluding carboxylic acids is 2. The van der Waals surface area contributed by atoms with Gasteiger partial charge in [-0.3, -0.25) is 14.5 Å². The van der Waals surface area contributed by atoms with Crippen molar-refractivity contribution in [3.63, 3.8) is 0 Å². The molecule has 0 aromatic carbocycles. The molecule has 1 aliphatic rings. The highest BCUT2D eigenvalue weighted by atomic mass is 19.1. The van der Waals surface area contributed by atoms with Crippen molar-refractivity contribution < 1.29 is 14.0 Å². The Hall–Kier alpha value is -0.930. The Morgan fingerprint density at radius 3 is 2.62 bits per heavy atom. The highest BCUT2D eigenvalue weighted by Gasteiger charge is 2.36. The molecule has 1 saturated heterocycles. The molecule has 0 bridgehead atoms. The number of imide groups is 1. The largest absolute Gasteiger partial charge is 0.279 e. The van der Waals surface area contributed by atoms with Gasteiger partial charge in [0.25, 0.3) is 0 Å². The van der Waals surface area contributed by atoms with E-state index in [2.05, 4.69) is 0 Å². The molecule has 0 N–H and O–H groups in total. The van der Waals surface area contributed by atoms with Gasteiger partial charge in [-0.15, -0.1) is 0 Å². The van der Waals surface area contributed by atoms with Crippen LogP contribution in [0.5, 0.6) is 0 Å². The maximum atomic E-state index is 12.9. The van der Waals surface area contributed by atoms with Crippen LogP contribution in [-0.2, 0) is 9.59 Å². The number of halogens is 1. The molecule has 3 nitrogen and oxygen atoms in total. The molecule has 13 heavy (non-hydrogen) atoms. The van der Waals surface area contributed by atoms with Crippen LogP contribution in [0.1, 0.15) is 26.7 Å². The third kappa shape index (κ3) is 2.05. The number of likely N-dealkylation sites (tertiary alicyclic amines) is 1. The Labute approximate surface area is 76.9 Å². The quantitative estimate of drug-likeness (QED) is 0.621. The molecule has 2 atom stereocenters. The van der Waals surface area contributed by atoms with Gasteiger partial charge in [-0.2, -0.15) is 0 Å². The van der Waals surface area contributed by atoms with Crippen molar-refractivity contribution in [3.8, 4) is 0 Å². The molecule has 1 aliphatic heterocycles. The maximum Gasteiger partial charge on any atom is 0.232 e. The van der Waals surface area contributed by atoms with Crippen molar-refractivity contribution in [2.45, 2.75) is 32.9 Å². The highest BCUT2D eigenvalue weighted by Crippen LogP contribution is 2.19. The van der Waals surface area contributed by atoms with E-state index in [9.17, 15) is 14.0 Å². The van der Waals surface area contributed by atoms with Crippen LogP contribution in [0.3, 0.4) is 0 Å². The van der Waals surface area contributed by atoms with Crippen LogP contribution >= 0.6 is 0 Å². The molecular formula is C9H14FNO2. The summed E-state index contributed by atoms with van der Waals surface area (Å²) in [4.78, 5) is 23.5. The second-order valence-corrected chi connectivity index (χ2v) is 3.45. The van der Waals surface area contributed by atoms with Crippen LogP contribution in [0.4, 0.5) is 4.39 Å². The van der Waals surface area contributed by atoms with Crippen LogP contribution in [0.15, 0.2) is 0 Å². The zero-order chi connectivity index (χ0) is 10.0. The van der Waals surface area contributed by atoms with Crippen molar-refractivity contribution in [1.82, 2.24) is 4.90 Å². The third-order valence-electron chi connectivity index (χ3n) is 2.29. The number of amides is 2. The Kier molecular flexibility index (Phi) is 3.01. The SMILES string of the molecule is CCC(F)CN1C(=O)CC(C)C1=O. The lowest BCUT2D eigenvalue weighted by Crippen LogP contribution is -2.35. The van der Waals surface area contributed by atoms with Gasteiger partial charge in [-0.05, 0) is 6.42 Å². The van der Waals surface area contributed by atoms with E-state index in [-0.39, 0.29) is 30.7 Å². The summed E-state index contributed by atoms with van der Waals surface area (Å²) in [7, 11) is 0. The van der Waals surface area contributed by atoms with Crippen LogP contribution < -0.4 is 0 Å². The van der Waals surface area contributed by atoms with Crippen LogP contribution in [0, 0.1) is 5.92 Å². The lowest BCUT2D eigenvalue weighted by Gasteiger charge is -2.15. The van der Waals surface area contributed by atoms with E-state index in [1.165, 1.54) is 0 Å². The zero-order valence-electron chi connectivity index (χ0n) is 7.92. The minimum Gasteiger partial charge on any atom is -0.279 e. The first-order valence-electron chi connectivity index (χ1n) is 4.54. The molecule has 1 rings (SSSR count). The number of hydrogen-bond acceptors (Lipinski definition) is 2. The number of nitrogens with zero attached hydrogens (tertiary/aromatic N) is 1. The fourth-order valence-electron chi connectivity index (χ4n) is 1.37. The molecule has 1 fully saturated rings. The predicted octanol–water partition coefficient (Wildman–Crippen LogP) is 1.13. The molecule has 0 aromatic rings. The molecule has 1 heterocycles. The van der Waals surface area contributed by atoms with Crippen molar-refractivity contribution in [1.29, 1.82) is 0 Å². The minimum atomic E-state index is -1.09. The average Bonchev–Trinajstić information content (AvgIpc) is 2.32. The normalized spacial score (nSPS) is 25.5. The fourth-order valence-corrected chi connectivity index (χ4v) is 1.37. The van der Waals surface area contributed by atoms with E-state index >= 15 is 0 Å². The van der Waals surface area contributed by atoms with E-state index in [4.69, 9.17) is 0 Å². The monoisotopic (exact) mass is 187 g/mol. The Bertz CT molecular complexity index is 230. The molecule has 2 amide bonds. The van der Waals surface area contributed by atoms with Gasteiger partial charge in [-0.25, -0.2) is 4.39 Å². The second kappa shape index (κ2) is 3.85. The molecular weight excluding hydrogens is 173 g/mol. The van der Waals surface area contributed by atoms with E-state index in [1.54, 1.807) is 13.8 Å². The third-order valence-corrected chi connectivity index (χ3v) is 2.29. The maximum absolute atomic E-state index is 12.9. The van der Waals surface area contributed by atoms with Crippen LogP contribution in [-0.4, -0.2) is 29.4 Å². The lowest BCUT2D eigenvalue weighted by atomic mass is 10.1. The number of hydrogen-bond donors (Lipinski definition) is 0. The Morgan fingerprint density at radius 1 is 1.62 bits per heavy atom. The standard InChI is InChI=1S/C9H14FNO2/c1-3-7(10)5-11-8(12)4-6(2)9(11)13/h6-7H,3-5H2,1-2H3. The van der Waals surface area contributed by atoms with E-state index in [0.717, 1.165) is 4.90 Å². The van der Waals surface area contributed by atoms with E-state index < -0.39 is 6.17 Å². The summed E-state index contributed by atoms with van der Waals surface area (Å²) in [5.74, 6) is -0.744. The van der Waals surface area contributed by atoms with Crippen molar-refractivity contribution in [3.05, 3.63) is 0 Å². The summed E-state index contributed by atoms with van der Waals surface area (Å²) in [6.45, 7) is 3.32. The van der Waals surface area contributed by atoms with Gasteiger partial charge < -0.3 is 0 Å². The first-order chi connectivity index (χ1) is 6.06. The van der Waals surface area contributed by atoms with Crippen LogP contribution in [0.2, 0.25) is 0 Å². The van der Waals surface area contributed by atoms with Gasteiger partial charge >= 0.3 is 0 Å². The molecule has 0 radical (unpaired) electrons.